The van der Waals surface area contributed by atoms with Crippen LogP contribution >= 0.6 is 39.1 Å². The minimum Gasteiger partial charge on any atom is -0.343 e. The molecule has 1 nitrogen and oxygen atoms in total. The summed E-state index contributed by atoms with van der Waals surface area (Å²) in [5.41, 5.74) is 5.40. The second kappa shape index (κ2) is 7.18. The van der Waals surface area contributed by atoms with Crippen molar-refractivity contribution in [3.63, 3.8) is 0 Å². The van der Waals surface area contributed by atoms with Gasteiger partial charge in [0.1, 0.15) is 0 Å². The minimum absolute atomic E-state index is 0.642. The van der Waals surface area contributed by atoms with Crippen LogP contribution in [0.25, 0.3) is 5.57 Å². The lowest BCUT2D eigenvalue weighted by Crippen LogP contribution is -2.20. The lowest BCUT2D eigenvalue weighted by molar-refractivity contribution is 0.472. The second-order valence-electron chi connectivity index (χ2n) is 5.75. The Hall–Kier alpha value is -1.48. The summed E-state index contributed by atoms with van der Waals surface area (Å²) in [5.74, 6) is 0. The molecule has 0 radical (unpaired) electrons. The summed E-state index contributed by atoms with van der Waals surface area (Å²) in [7, 11) is 0. The molecule has 0 aromatic heterocycles. The highest BCUT2D eigenvalue weighted by Crippen LogP contribution is 2.33. The molecule has 0 bridgehead atoms. The van der Waals surface area contributed by atoms with Gasteiger partial charge in [-0.3, -0.25) is 0 Å². The Labute approximate surface area is 161 Å². The first-order chi connectivity index (χ1) is 11.4. The topological polar surface area (TPSA) is 3.24 Å². The van der Waals surface area contributed by atoms with Gasteiger partial charge in [0.25, 0.3) is 0 Å². The fourth-order valence-corrected chi connectivity index (χ4v) is 3.41. The standard InChI is InChI=1S/C20H16BrCl2N/c1-13-9-19(15-3-6-17(21)7-4-15)14(2)24(11-13)12-16-5-8-18(22)10-20(16)23/h3-11H,2,12H2,1H3. The van der Waals surface area contributed by atoms with Crippen molar-refractivity contribution in [2.75, 3.05) is 0 Å². The van der Waals surface area contributed by atoms with E-state index in [1.54, 1.807) is 6.07 Å². The van der Waals surface area contributed by atoms with Gasteiger partial charge in [-0.25, -0.2) is 0 Å². The van der Waals surface area contributed by atoms with Gasteiger partial charge in [0, 0.05) is 38.5 Å². The van der Waals surface area contributed by atoms with E-state index in [2.05, 4.69) is 58.7 Å². The molecule has 0 atom stereocenters. The highest BCUT2D eigenvalue weighted by atomic mass is 79.9. The van der Waals surface area contributed by atoms with E-state index in [9.17, 15) is 0 Å². The largest absolute Gasteiger partial charge is 0.343 e. The third-order valence-electron chi connectivity index (χ3n) is 3.90. The molecule has 3 rings (SSSR count). The Bertz CT molecular complexity index is 850. The highest BCUT2D eigenvalue weighted by Gasteiger charge is 2.18. The first-order valence-corrected chi connectivity index (χ1v) is 9.05. The van der Waals surface area contributed by atoms with Crippen molar-refractivity contribution in [1.82, 2.24) is 4.90 Å². The van der Waals surface area contributed by atoms with Crippen molar-refractivity contribution in [2.45, 2.75) is 13.5 Å². The van der Waals surface area contributed by atoms with Crippen LogP contribution < -0.4 is 0 Å². The Morgan fingerprint density at radius 2 is 1.79 bits per heavy atom. The van der Waals surface area contributed by atoms with Crippen LogP contribution in [-0.2, 0) is 6.54 Å². The van der Waals surface area contributed by atoms with Crippen molar-refractivity contribution in [2.24, 2.45) is 0 Å². The first-order valence-electron chi connectivity index (χ1n) is 7.50. The van der Waals surface area contributed by atoms with Gasteiger partial charge in [0.15, 0.2) is 0 Å². The molecule has 0 saturated heterocycles. The predicted molar refractivity (Wildman–Crippen MR) is 107 cm³/mol. The van der Waals surface area contributed by atoms with E-state index in [0.29, 0.717) is 16.6 Å². The van der Waals surface area contributed by atoms with Crippen LogP contribution in [0.15, 0.2) is 77.1 Å². The van der Waals surface area contributed by atoms with Gasteiger partial charge in [-0.05, 0) is 54.0 Å². The van der Waals surface area contributed by atoms with Crippen LogP contribution in [0.1, 0.15) is 18.1 Å². The zero-order chi connectivity index (χ0) is 17.3. The average molecular weight is 421 g/mol. The number of halogens is 3. The Morgan fingerprint density at radius 1 is 1.08 bits per heavy atom. The van der Waals surface area contributed by atoms with Crippen molar-refractivity contribution in [3.8, 4) is 0 Å². The molecular weight excluding hydrogens is 405 g/mol. The first kappa shape index (κ1) is 17.3. The molecule has 2 aromatic rings. The van der Waals surface area contributed by atoms with Crippen LogP contribution in [0.4, 0.5) is 0 Å². The molecule has 0 aliphatic carbocycles. The van der Waals surface area contributed by atoms with Gasteiger partial charge in [0.2, 0.25) is 0 Å². The second-order valence-corrected chi connectivity index (χ2v) is 7.51. The summed E-state index contributed by atoms with van der Waals surface area (Å²) in [6.07, 6.45) is 4.25. The normalized spacial score (nSPS) is 14.5. The molecule has 2 aromatic carbocycles. The molecule has 1 heterocycles. The SMILES string of the molecule is C=C1C(c2ccc(Br)cc2)=CC(C)=CN1Cc1ccc(Cl)cc1Cl. The van der Waals surface area contributed by atoms with Gasteiger partial charge >= 0.3 is 0 Å². The molecule has 24 heavy (non-hydrogen) atoms. The summed E-state index contributed by atoms with van der Waals surface area (Å²) in [6.45, 7) is 7.02. The fourth-order valence-electron chi connectivity index (χ4n) is 2.68. The Morgan fingerprint density at radius 3 is 2.46 bits per heavy atom. The fraction of sp³-hybridized carbons (Fsp3) is 0.100. The van der Waals surface area contributed by atoms with Crippen molar-refractivity contribution in [1.29, 1.82) is 0 Å². The van der Waals surface area contributed by atoms with E-state index in [1.807, 2.05) is 24.3 Å². The molecule has 0 saturated carbocycles. The minimum atomic E-state index is 0.642. The van der Waals surface area contributed by atoms with E-state index in [-0.39, 0.29) is 0 Å². The molecule has 1 aliphatic heterocycles. The van der Waals surface area contributed by atoms with Gasteiger partial charge in [0.05, 0.1) is 0 Å². The van der Waals surface area contributed by atoms with Crippen LogP contribution in [0.5, 0.6) is 0 Å². The molecule has 0 N–H and O–H groups in total. The lowest BCUT2D eigenvalue weighted by atomic mass is 9.97. The number of allylic oxidation sites excluding steroid dienone is 3. The maximum atomic E-state index is 6.32. The maximum absolute atomic E-state index is 6.32. The number of hydrogen-bond donors (Lipinski definition) is 0. The summed E-state index contributed by atoms with van der Waals surface area (Å²) >= 11 is 15.8. The van der Waals surface area contributed by atoms with Crippen LogP contribution in [0, 0.1) is 0 Å². The van der Waals surface area contributed by atoms with Crippen LogP contribution in [0.3, 0.4) is 0 Å². The van der Waals surface area contributed by atoms with E-state index in [4.69, 9.17) is 23.2 Å². The number of hydrogen-bond acceptors (Lipinski definition) is 1. The average Bonchev–Trinajstić information content (AvgIpc) is 2.54. The molecule has 0 amide bonds. The molecule has 0 spiro atoms. The van der Waals surface area contributed by atoms with Gasteiger partial charge < -0.3 is 4.90 Å². The number of benzene rings is 2. The lowest BCUT2D eigenvalue weighted by Gasteiger charge is -2.29. The van der Waals surface area contributed by atoms with Gasteiger partial charge in [-0.15, -0.1) is 0 Å². The quantitative estimate of drug-likeness (QED) is 0.512. The maximum Gasteiger partial charge on any atom is 0.0490 e. The van der Waals surface area contributed by atoms with E-state index in [0.717, 1.165) is 26.9 Å². The molecular formula is C20H16BrCl2N. The molecule has 122 valence electrons. The highest BCUT2D eigenvalue weighted by molar-refractivity contribution is 9.10. The molecule has 1 aliphatic rings. The third-order valence-corrected chi connectivity index (χ3v) is 5.02. The Balaban J connectivity index is 1.90. The summed E-state index contributed by atoms with van der Waals surface area (Å²) < 4.78 is 1.06. The van der Waals surface area contributed by atoms with E-state index in [1.165, 1.54) is 5.57 Å². The van der Waals surface area contributed by atoms with E-state index >= 15 is 0 Å². The summed E-state index contributed by atoms with van der Waals surface area (Å²) in [4.78, 5) is 2.13. The smallest absolute Gasteiger partial charge is 0.0490 e. The van der Waals surface area contributed by atoms with Crippen molar-refractivity contribution >= 4 is 44.7 Å². The molecule has 0 fully saturated rings. The number of nitrogens with zero attached hydrogens (tertiary/aromatic N) is 1. The van der Waals surface area contributed by atoms with Crippen molar-refractivity contribution in [3.05, 3.63) is 98.2 Å². The predicted octanol–water partition coefficient (Wildman–Crippen LogP) is 7.07. The van der Waals surface area contributed by atoms with Crippen molar-refractivity contribution < 1.29 is 0 Å². The molecule has 0 unspecified atom stereocenters. The monoisotopic (exact) mass is 419 g/mol. The van der Waals surface area contributed by atoms with Gasteiger partial charge in [-0.2, -0.15) is 0 Å². The molecule has 4 heteroatoms. The van der Waals surface area contributed by atoms with E-state index < -0.39 is 0 Å². The number of rotatable bonds is 3. The summed E-state index contributed by atoms with van der Waals surface area (Å²) in [5, 5.41) is 1.31. The van der Waals surface area contributed by atoms with Gasteiger partial charge in [-0.1, -0.05) is 63.9 Å². The Kier molecular flexibility index (Phi) is 5.19. The third kappa shape index (κ3) is 3.77. The zero-order valence-corrected chi connectivity index (χ0v) is 16.3. The summed E-state index contributed by atoms with van der Waals surface area (Å²) in [6, 6.07) is 13.8. The zero-order valence-electron chi connectivity index (χ0n) is 13.2. The van der Waals surface area contributed by atoms with Crippen LogP contribution in [0.2, 0.25) is 10.0 Å². The van der Waals surface area contributed by atoms with Crippen LogP contribution in [-0.4, -0.2) is 4.90 Å².